The molecule has 1 aliphatic carbocycles. The van der Waals surface area contributed by atoms with E-state index in [4.69, 9.17) is 9.84 Å². The zero-order chi connectivity index (χ0) is 24.2. The first-order valence-corrected chi connectivity index (χ1v) is 11.3. The molecule has 0 bridgehead atoms. The maximum Gasteiger partial charge on any atom is 0.392 e. The highest BCUT2D eigenvalue weighted by atomic mass is 31.2. The van der Waals surface area contributed by atoms with Crippen LogP contribution >= 0.6 is 7.67 Å². The maximum absolute atomic E-state index is 14.0. The molecule has 2 rings (SSSR count). The Labute approximate surface area is 180 Å². The van der Waals surface area contributed by atoms with Gasteiger partial charge in [0.2, 0.25) is 34.8 Å². The van der Waals surface area contributed by atoms with Crippen LogP contribution in [0, 0.1) is 29.1 Å². The average Bonchev–Trinajstić information content (AvgIpc) is 2.74. The van der Waals surface area contributed by atoms with Gasteiger partial charge >= 0.3 is 19.6 Å². The van der Waals surface area contributed by atoms with Gasteiger partial charge in [0.05, 0.1) is 0 Å². The Hall–Kier alpha value is -2.24. The zero-order valence-corrected chi connectivity index (χ0v) is 18.0. The number of benzene rings is 1. The van der Waals surface area contributed by atoms with E-state index < -0.39 is 72.6 Å². The van der Waals surface area contributed by atoms with E-state index in [2.05, 4.69) is 4.52 Å². The van der Waals surface area contributed by atoms with Crippen LogP contribution in [0.1, 0.15) is 46.0 Å². The number of rotatable bonds is 9. The van der Waals surface area contributed by atoms with Crippen molar-refractivity contribution in [2.45, 2.75) is 64.1 Å². The van der Waals surface area contributed by atoms with Crippen LogP contribution in [0.3, 0.4) is 0 Å². The third-order valence-electron chi connectivity index (χ3n) is 4.68. The lowest BCUT2D eigenvalue weighted by atomic mass is 9.98. The molecule has 14 heteroatoms. The van der Waals surface area contributed by atoms with E-state index >= 15 is 0 Å². The molecule has 1 saturated carbocycles. The summed E-state index contributed by atoms with van der Waals surface area (Å²) in [5.74, 6) is -16.4. The van der Waals surface area contributed by atoms with E-state index in [1.54, 1.807) is 0 Å². The number of ether oxygens (including phenoxy) is 1. The molecule has 0 aliphatic heterocycles. The number of carboxylic acids is 1. The van der Waals surface area contributed by atoms with Crippen LogP contribution < -0.4 is 14.7 Å². The predicted octanol–water partition coefficient (Wildman–Crippen LogP) is 3.79. The van der Waals surface area contributed by atoms with Crippen LogP contribution in [0.15, 0.2) is 0 Å². The number of hydrogen-bond donors (Lipinski definition) is 3. The van der Waals surface area contributed by atoms with Gasteiger partial charge in [-0.1, -0.05) is 6.42 Å². The summed E-state index contributed by atoms with van der Waals surface area (Å²) >= 11 is 0. The minimum absolute atomic E-state index is 0.401. The largest absolute Gasteiger partial charge is 0.480 e. The van der Waals surface area contributed by atoms with Crippen LogP contribution in [-0.2, 0) is 18.9 Å². The second kappa shape index (κ2) is 10.6. The van der Waals surface area contributed by atoms with E-state index in [1.807, 2.05) is 10.2 Å². The normalized spacial score (nSPS) is 18.5. The highest BCUT2D eigenvalue weighted by Gasteiger charge is 2.38. The van der Waals surface area contributed by atoms with Gasteiger partial charge in [-0.25, -0.2) is 27.9 Å². The van der Waals surface area contributed by atoms with Crippen LogP contribution in [0.4, 0.5) is 22.0 Å². The number of carbonyl (C=O) groups is 2. The third kappa shape index (κ3) is 6.17. The molecule has 0 aromatic heterocycles. The van der Waals surface area contributed by atoms with Crippen molar-refractivity contribution >= 4 is 19.6 Å². The quantitative estimate of drug-likeness (QED) is 0.158. The fraction of sp³-hybridized carbons (Fsp3) is 0.556. The Bertz CT molecular complexity index is 899. The molecule has 8 nitrogen and oxygen atoms in total. The molecule has 180 valence electrons. The van der Waals surface area contributed by atoms with Gasteiger partial charge in [0.25, 0.3) is 0 Å². The molecule has 1 aromatic carbocycles. The van der Waals surface area contributed by atoms with Crippen molar-refractivity contribution in [3.05, 3.63) is 29.1 Å². The molecule has 0 radical (unpaired) electrons. The zero-order valence-electron chi connectivity index (χ0n) is 17.1. The molecule has 0 heterocycles. The topological polar surface area (TPSA) is 114 Å². The van der Waals surface area contributed by atoms with Gasteiger partial charge in [-0.05, 0) is 39.5 Å². The highest BCUT2D eigenvalue weighted by Crippen LogP contribution is 2.43. The molecule has 32 heavy (non-hydrogen) atoms. The Morgan fingerprint density at radius 2 is 1.38 bits per heavy atom. The second-order valence-corrected chi connectivity index (χ2v) is 9.08. The molecule has 1 aromatic rings. The number of nitrogens with one attached hydrogen (secondary N) is 2. The van der Waals surface area contributed by atoms with Crippen LogP contribution in [0.2, 0.25) is 0 Å². The van der Waals surface area contributed by atoms with Gasteiger partial charge in [-0.2, -0.15) is 8.78 Å². The van der Waals surface area contributed by atoms with Gasteiger partial charge in [-0.15, -0.1) is 0 Å². The second-order valence-electron chi connectivity index (χ2n) is 7.28. The number of hydrogen-bond acceptors (Lipinski definition) is 5. The molecule has 1 unspecified atom stereocenters. The van der Waals surface area contributed by atoms with Crippen LogP contribution in [-0.4, -0.2) is 35.2 Å². The van der Waals surface area contributed by atoms with Crippen molar-refractivity contribution in [1.29, 1.82) is 0 Å². The van der Waals surface area contributed by atoms with Gasteiger partial charge in [0.15, 0.2) is 0 Å². The lowest BCUT2D eigenvalue weighted by Crippen LogP contribution is -2.43. The molecule has 3 N–H and O–H groups in total. The molecular weight excluding hydrogens is 466 g/mol. The summed E-state index contributed by atoms with van der Waals surface area (Å²) in [7, 11) is -4.94. The molecule has 0 saturated heterocycles. The summed E-state index contributed by atoms with van der Waals surface area (Å²) in [4.78, 5) is 23.4. The molecule has 1 aliphatic rings. The summed E-state index contributed by atoms with van der Waals surface area (Å²) in [5, 5.41) is 12.9. The minimum atomic E-state index is -4.94. The van der Waals surface area contributed by atoms with Crippen LogP contribution in [0.25, 0.3) is 0 Å². The number of carboxylic acid groups (broad SMARTS) is 1. The smallest absolute Gasteiger partial charge is 0.392 e. The van der Waals surface area contributed by atoms with Crippen molar-refractivity contribution in [3.63, 3.8) is 0 Å². The summed E-state index contributed by atoms with van der Waals surface area (Å²) in [6, 6.07) is -3.13. The summed E-state index contributed by atoms with van der Waals surface area (Å²) in [5.41, 5.74) is 0. The molecule has 0 amide bonds. The number of halogens is 5. The van der Waals surface area contributed by atoms with Gasteiger partial charge < -0.3 is 14.4 Å². The van der Waals surface area contributed by atoms with E-state index in [0.717, 1.165) is 33.1 Å². The summed E-state index contributed by atoms with van der Waals surface area (Å²) in [6.07, 6.45) is 3.45. The standard InChI is InChI=1S/C18H22F5N2O6P/c1-8(17(26)27)24-32(29,25-9(2)18(28)30-10-6-4-3-5-7-10)31-16-14(22)12(20)11(19)13(21)15(16)23/h8-10H,3-7H2,1-2H3,(H,26,27)(H2,24,25,29)/t8-,9+,32?/m0/s1. The van der Waals surface area contributed by atoms with Gasteiger partial charge in [0.1, 0.15) is 18.2 Å². The number of esters is 1. The van der Waals surface area contributed by atoms with E-state index in [9.17, 15) is 36.1 Å². The monoisotopic (exact) mass is 488 g/mol. The van der Waals surface area contributed by atoms with Crippen molar-refractivity contribution in [1.82, 2.24) is 10.2 Å². The lowest BCUT2D eigenvalue weighted by molar-refractivity contribution is -0.152. The molecule has 3 atom stereocenters. The average molecular weight is 488 g/mol. The van der Waals surface area contributed by atoms with Crippen molar-refractivity contribution in [2.75, 3.05) is 0 Å². The maximum atomic E-state index is 14.0. The fourth-order valence-corrected chi connectivity index (χ4v) is 4.78. The van der Waals surface area contributed by atoms with Crippen molar-refractivity contribution in [2.24, 2.45) is 0 Å². The summed E-state index contributed by atoms with van der Waals surface area (Å²) < 4.78 is 91.2. The molecular formula is C18H22F5N2O6P. The van der Waals surface area contributed by atoms with E-state index in [1.165, 1.54) is 0 Å². The first kappa shape index (κ1) is 26.0. The van der Waals surface area contributed by atoms with Gasteiger partial charge in [-0.3, -0.25) is 9.59 Å². The highest BCUT2D eigenvalue weighted by molar-refractivity contribution is 7.55. The van der Waals surface area contributed by atoms with Gasteiger partial charge in [0, 0.05) is 0 Å². The number of aliphatic carboxylic acids is 1. The number of carbonyl (C=O) groups excluding carboxylic acids is 1. The SMILES string of the molecule is C[C@H](NP(=O)(N[C@H](C)C(=O)OC1CCCCC1)Oc1c(F)c(F)c(F)c(F)c1F)C(=O)O. The first-order valence-electron chi connectivity index (χ1n) is 9.66. The summed E-state index contributed by atoms with van der Waals surface area (Å²) in [6.45, 7) is 2.12. The Kier molecular flexibility index (Phi) is 8.60. The fourth-order valence-electron chi connectivity index (χ4n) is 2.95. The predicted molar refractivity (Wildman–Crippen MR) is 100 cm³/mol. The third-order valence-corrected chi connectivity index (χ3v) is 6.57. The Morgan fingerprint density at radius 1 is 0.906 bits per heavy atom. The first-order chi connectivity index (χ1) is 14.9. The van der Waals surface area contributed by atoms with Crippen LogP contribution in [0.5, 0.6) is 5.75 Å². The lowest BCUT2D eigenvalue weighted by Gasteiger charge is -2.27. The van der Waals surface area contributed by atoms with Crippen molar-refractivity contribution in [3.8, 4) is 5.75 Å². The van der Waals surface area contributed by atoms with E-state index in [0.29, 0.717) is 12.8 Å². The molecule has 1 fully saturated rings. The van der Waals surface area contributed by atoms with E-state index in [-0.39, 0.29) is 0 Å². The van der Waals surface area contributed by atoms with Crippen molar-refractivity contribution < 1.29 is 50.5 Å². The minimum Gasteiger partial charge on any atom is -0.480 e. The Morgan fingerprint density at radius 3 is 1.88 bits per heavy atom. The molecule has 0 spiro atoms. The Balaban J connectivity index is 2.30.